The van der Waals surface area contributed by atoms with Crippen molar-refractivity contribution in [3.8, 4) is 0 Å². The first kappa shape index (κ1) is 16.5. The number of carbonyl (C=O) groups excluding carboxylic acids is 1. The maximum absolute atomic E-state index is 12.2. The maximum atomic E-state index is 12.2. The van der Waals surface area contributed by atoms with Crippen molar-refractivity contribution in [1.29, 1.82) is 0 Å². The number of hydrogen-bond acceptors (Lipinski definition) is 4. The number of hydrogen-bond donors (Lipinski definition) is 0. The molecule has 126 valence electrons. The van der Waals surface area contributed by atoms with Crippen LogP contribution in [0.4, 0.5) is 5.00 Å². The van der Waals surface area contributed by atoms with E-state index >= 15 is 0 Å². The van der Waals surface area contributed by atoms with E-state index in [9.17, 15) is 4.79 Å². The van der Waals surface area contributed by atoms with E-state index < -0.39 is 0 Å². The lowest BCUT2D eigenvalue weighted by atomic mass is 9.72. The molecule has 0 atom stereocenters. The number of rotatable bonds is 4. The molecule has 2 saturated heterocycles. The summed E-state index contributed by atoms with van der Waals surface area (Å²) in [5.74, 6) is 0.173. The van der Waals surface area contributed by atoms with Gasteiger partial charge in [0.1, 0.15) is 0 Å². The standard InChI is InChI=1S/C18H27N3OS/c1-15-6-7-17(23-15)21-13-18(14-21)8-11-20(12-9-18)16(22)5-4-10-19(2)3/h4-7H,8-14H2,1-3H3/b5-4+. The van der Waals surface area contributed by atoms with Crippen LogP contribution in [0.3, 0.4) is 0 Å². The third-order valence-electron chi connectivity index (χ3n) is 4.96. The number of carbonyl (C=O) groups is 1. The van der Waals surface area contributed by atoms with Gasteiger partial charge in [-0.05, 0) is 46.0 Å². The van der Waals surface area contributed by atoms with Crippen LogP contribution in [-0.4, -0.2) is 62.5 Å². The molecule has 1 amide bonds. The van der Waals surface area contributed by atoms with Crippen molar-refractivity contribution in [2.45, 2.75) is 19.8 Å². The van der Waals surface area contributed by atoms with Crippen molar-refractivity contribution < 1.29 is 4.79 Å². The number of likely N-dealkylation sites (tertiary alicyclic amines) is 1. The Morgan fingerprint density at radius 1 is 1.30 bits per heavy atom. The van der Waals surface area contributed by atoms with Crippen molar-refractivity contribution in [3.05, 3.63) is 29.2 Å². The lowest BCUT2D eigenvalue weighted by Crippen LogP contribution is -2.60. The van der Waals surface area contributed by atoms with Crippen LogP contribution in [0.25, 0.3) is 0 Å². The van der Waals surface area contributed by atoms with Gasteiger partial charge in [0.15, 0.2) is 0 Å². The van der Waals surface area contributed by atoms with Gasteiger partial charge in [-0.15, -0.1) is 11.3 Å². The summed E-state index contributed by atoms with van der Waals surface area (Å²) in [6.45, 7) is 7.11. The minimum absolute atomic E-state index is 0.173. The predicted octanol–water partition coefficient (Wildman–Crippen LogP) is 2.60. The van der Waals surface area contributed by atoms with Gasteiger partial charge in [-0.25, -0.2) is 0 Å². The van der Waals surface area contributed by atoms with Crippen LogP contribution in [0.2, 0.25) is 0 Å². The van der Waals surface area contributed by atoms with Crippen LogP contribution in [0.15, 0.2) is 24.3 Å². The van der Waals surface area contributed by atoms with Crippen molar-refractivity contribution in [3.63, 3.8) is 0 Å². The largest absolute Gasteiger partial charge is 0.362 e. The van der Waals surface area contributed by atoms with Crippen molar-refractivity contribution in [2.75, 3.05) is 51.7 Å². The molecule has 2 aliphatic rings. The highest BCUT2D eigenvalue weighted by molar-refractivity contribution is 7.16. The molecule has 0 bridgehead atoms. The number of piperidine rings is 1. The average molecular weight is 334 g/mol. The Hall–Kier alpha value is -1.33. The summed E-state index contributed by atoms with van der Waals surface area (Å²) in [6, 6.07) is 4.44. The molecule has 23 heavy (non-hydrogen) atoms. The molecule has 3 heterocycles. The first-order valence-corrected chi connectivity index (χ1v) is 9.21. The first-order valence-electron chi connectivity index (χ1n) is 8.39. The monoisotopic (exact) mass is 333 g/mol. The highest BCUT2D eigenvalue weighted by atomic mass is 32.1. The van der Waals surface area contributed by atoms with Gasteiger partial charge in [-0.3, -0.25) is 4.79 Å². The number of aryl methyl sites for hydroxylation is 1. The molecule has 0 N–H and O–H groups in total. The summed E-state index contributed by atoms with van der Waals surface area (Å²) in [5, 5.41) is 1.40. The molecule has 1 aromatic heterocycles. The van der Waals surface area contributed by atoms with Crippen LogP contribution in [0.1, 0.15) is 17.7 Å². The zero-order valence-corrected chi connectivity index (χ0v) is 15.2. The van der Waals surface area contributed by atoms with Gasteiger partial charge in [-0.1, -0.05) is 6.08 Å². The zero-order chi connectivity index (χ0) is 16.4. The highest BCUT2D eigenvalue weighted by Gasteiger charge is 2.45. The van der Waals surface area contributed by atoms with Gasteiger partial charge in [0.05, 0.1) is 5.00 Å². The van der Waals surface area contributed by atoms with Crippen molar-refractivity contribution >= 4 is 22.2 Å². The van der Waals surface area contributed by atoms with E-state index in [1.54, 1.807) is 6.08 Å². The van der Waals surface area contributed by atoms with Gasteiger partial charge in [0.25, 0.3) is 0 Å². The molecular weight excluding hydrogens is 306 g/mol. The molecule has 0 unspecified atom stereocenters. The van der Waals surface area contributed by atoms with Crippen LogP contribution < -0.4 is 4.90 Å². The van der Waals surface area contributed by atoms with E-state index in [4.69, 9.17) is 0 Å². The molecule has 2 aliphatic heterocycles. The molecule has 4 nitrogen and oxygen atoms in total. The molecule has 0 aliphatic carbocycles. The predicted molar refractivity (Wildman–Crippen MR) is 97.2 cm³/mol. The SMILES string of the molecule is Cc1ccc(N2CC3(CCN(C(=O)/C=C/CN(C)C)CC3)C2)s1. The Bertz CT molecular complexity index is 577. The molecule has 5 heteroatoms. The number of nitrogens with zero attached hydrogens (tertiary/aromatic N) is 3. The van der Waals surface area contributed by atoms with Gasteiger partial charge < -0.3 is 14.7 Å². The van der Waals surface area contributed by atoms with Crippen molar-refractivity contribution in [2.24, 2.45) is 5.41 Å². The maximum Gasteiger partial charge on any atom is 0.246 e. The second-order valence-electron chi connectivity index (χ2n) is 7.23. The number of anilines is 1. The molecule has 2 fully saturated rings. The third kappa shape index (κ3) is 3.78. The Kier molecular flexibility index (Phi) is 4.78. The second-order valence-corrected chi connectivity index (χ2v) is 8.50. The number of thiophene rings is 1. The second kappa shape index (κ2) is 6.65. The van der Waals surface area contributed by atoms with E-state index in [2.05, 4.69) is 28.9 Å². The molecule has 0 radical (unpaired) electrons. The molecule has 0 aromatic carbocycles. The molecule has 1 aromatic rings. The van der Waals surface area contributed by atoms with Crippen LogP contribution in [-0.2, 0) is 4.79 Å². The van der Waals surface area contributed by atoms with E-state index in [0.717, 1.165) is 45.6 Å². The quantitative estimate of drug-likeness (QED) is 0.793. The Morgan fingerprint density at radius 2 is 2.00 bits per heavy atom. The molecule has 3 rings (SSSR count). The summed E-state index contributed by atoms with van der Waals surface area (Å²) in [4.78, 5) is 20.1. The summed E-state index contributed by atoms with van der Waals surface area (Å²) in [5.41, 5.74) is 0.446. The molecular formula is C18H27N3OS. The van der Waals surface area contributed by atoms with E-state index in [1.807, 2.05) is 36.4 Å². The topological polar surface area (TPSA) is 26.8 Å². The normalized spacial score (nSPS) is 20.5. The minimum Gasteiger partial charge on any atom is -0.362 e. The van der Waals surface area contributed by atoms with Crippen molar-refractivity contribution in [1.82, 2.24) is 9.80 Å². The Morgan fingerprint density at radius 3 is 2.57 bits per heavy atom. The fourth-order valence-corrected chi connectivity index (χ4v) is 4.36. The van der Waals surface area contributed by atoms with E-state index in [1.165, 1.54) is 9.88 Å². The van der Waals surface area contributed by atoms with Crippen LogP contribution in [0, 0.1) is 12.3 Å². The molecule has 0 saturated carbocycles. The van der Waals surface area contributed by atoms with E-state index in [0.29, 0.717) is 5.41 Å². The summed E-state index contributed by atoms with van der Waals surface area (Å²) >= 11 is 1.88. The Balaban J connectivity index is 1.46. The average Bonchev–Trinajstić information content (AvgIpc) is 2.90. The van der Waals surface area contributed by atoms with Gasteiger partial charge in [-0.2, -0.15) is 0 Å². The fourth-order valence-electron chi connectivity index (χ4n) is 3.50. The van der Waals surface area contributed by atoms with Crippen LogP contribution in [0.5, 0.6) is 0 Å². The lowest BCUT2D eigenvalue weighted by Gasteiger charge is -2.54. The summed E-state index contributed by atoms with van der Waals surface area (Å²) in [7, 11) is 4.02. The lowest BCUT2D eigenvalue weighted by molar-refractivity contribution is -0.128. The fraction of sp³-hybridized carbons (Fsp3) is 0.611. The van der Waals surface area contributed by atoms with Gasteiger partial charge >= 0.3 is 0 Å². The third-order valence-corrected chi connectivity index (χ3v) is 6.02. The first-order chi connectivity index (χ1) is 11.0. The van der Waals surface area contributed by atoms with E-state index in [-0.39, 0.29) is 5.91 Å². The van der Waals surface area contributed by atoms with Gasteiger partial charge in [0.2, 0.25) is 5.91 Å². The minimum atomic E-state index is 0.173. The number of likely N-dealkylation sites (N-methyl/N-ethyl adjacent to an activating group) is 1. The highest BCUT2D eigenvalue weighted by Crippen LogP contribution is 2.44. The summed E-state index contributed by atoms with van der Waals surface area (Å²) in [6.07, 6.45) is 5.97. The molecule has 1 spiro atoms. The van der Waals surface area contributed by atoms with Crippen LogP contribution >= 0.6 is 11.3 Å². The number of amides is 1. The van der Waals surface area contributed by atoms with Gasteiger partial charge in [0, 0.05) is 49.1 Å². The smallest absolute Gasteiger partial charge is 0.246 e. The Labute approximate surface area is 143 Å². The summed E-state index contributed by atoms with van der Waals surface area (Å²) < 4.78 is 0. The zero-order valence-electron chi connectivity index (χ0n) is 14.4.